The minimum atomic E-state index is -0.246. The fourth-order valence-electron chi connectivity index (χ4n) is 2.58. The van der Waals surface area contributed by atoms with E-state index < -0.39 is 0 Å². The summed E-state index contributed by atoms with van der Waals surface area (Å²) >= 11 is 7.45. The van der Waals surface area contributed by atoms with Crippen LogP contribution in [0.4, 0.5) is 0 Å². The van der Waals surface area contributed by atoms with Crippen molar-refractivity contribution in [3.05, 3.63) is 69.4 Å². The SMILES string of the molecule is C=CCN(Cc1ccc(Cl)s1)CN1C(=O)c2ccccc2C1=O. The first-order valence-corrected chi connectivity index (χ1v) is 8.32. The number of nitrogens with zero attached hydrogens (tertiary/aromatic N) is 2. The Bertz CT molecular complexity index is 736. The van der Waals surface area contributed by atoms with E-state index in [2.05, 4.69) is 6.58 Å². The van der Waals surface area contributed by atoms with Crippen LogP contribution in [0.25, 0.3) is 0 Å². The van der Waals surface area contributed by atoms with Crippen LogP contribution < -0.4 is 0 Å². The molecule has 0 saturated carbocycles. The summed E-state index contributed by atoms with van der Waals surface area (Å²) in [4.78, 5) is 29.2. The van der Waals surface area contributed by atoms with Crippen LogP contribution in [0.2, 0.25) is 4.34 Å². The Morgan fingerprint density at radius 2 is 1.78 bits per heavy atom. The normalized spacial score (nSPS) is 13.7. The standard InChI is InChI=1S/C17H15ClN2O2S/c1-2-9-19(10-12-7-8-15(18)23-12)11-20-16(21)13-5-3-4-6-14(13)17(20)22/h2-8H,1,9-11H2. The summed E-state index contributed by atoms with van der Waals surface area (Å²) in [5, 5.41) is 0. The van der Waals surface area contributed by atoms with Crippen molar-refractivity contribution < 1.29 is 9.59 Å². The van der Waals surface area contributed by atoms with Gasteiger partial charge in [0.25, 0.3) is 11.8 Å². The summed E-state index contributed by atoms with van der Waals surface area (Å²) in [5.41, 5.74) is 0.936. The number of amides is 2. The third-order valence-electron chi connectivity index (χ3n) is 3.62. The van der Waals surface area contributed by atoms with E-state index in [0.29, 0.717) is 24.2 Å². The Balaban J connectivity index is 1.77. The lowest BCUT2D eigenvalue weighted by atomic mass is 10.1. The maximum absolute atomic E-state index is 12.4. The number of rotatable bonds is 6. The molecule has 1 aliphatic rings. The van der Waals surface area contributed by atoms with Crippen molar-refractivity contribution in [1.29, 1.82) is 0 Å². The van der Waals surface area contributed by atoms with Crippen molar-refractivity contribution in [2.45, 2.75) is 6.54 Å². The van der Waals surface area contributed by atoms with Gasteiger partial charge in [-0.1, -0.05) is 29.8 Å². The first-order chi connectivity index (χ1) is 11.1. The zero-order valence-electron chi connectivity index (χ0n) is 12.4. The third-order valence-corrected chi connectivity index (χ3v) is 4.83. The van der Waals surface area contributed by atoms with Gasteiger partial charge in [-0.05, 0) is 24.3 Å². The van der Waals surface area contributed by atoms with E-state index in [-0.39, 0.29) is 18.5 Å². The minimum Gasteiger partial charge on any atom is -0.277 e. The van der Waals surface area contributed by atoms with Gasteiger partial charge in [0.1, 0.15) is 0 Å². The Hall–Kier alpha value is -1.95. The average Bonchev–Trinajstić information content (AvgIpc) is 3.05. The highest BCUT2D eigenvalue weighted by Crippen LogP contribution is 2.25. The molecule has 1 aromatic heterocycles. The predicted octanol–water partition coefficient (Wildman–Crippen LogP) is 3.64. The zero-order valence-corrected chi connectivity index (χ0v) is 13.9. The molecule has 23 heavy (non-hydrogen) atoms. The summed E-state index contributed by atoms with van der Waals surface area (Å²) < 4.78 is 0.722. The molecule has 1 aromatic carbocycles. The molecule has 0 saturated heterocycles. The maximum atomic E-state index is 12.4. The van der Waals surface area contributed by atoms with Crippen LogP contribution in [0, 0.1) is 0 Å². The first-order valence-electron chi connectivity index (χ1n) is 7.13. The lowest BCUT2D eigenvalue weighted by Crippen LogP contribution is -2.40. The number of imide groups is 1. The molecule has 1 aliphatic heterocycles. The van der Waals surface area contributed by atoms with Gasteiger partial charge in [0.15, 0.2) is 0 Å². The van der Waals surface area contributed by atoms with Gasteiger partial charge in [0.2, 0.25) is 0 Å². The number of halogens is 1. The average molecular weight is 347 g/mol. The summed E-state index contributed by atoms with van der Waals surface area (Å²) in [5.74, 6) is -0.493. The van der Waals surface area contributed by atoms with Gasteiger partial charge in [0, 0.05) is 18.0 Å². The number of hydrogen-bond acceptors (Lipinski definition) is 4. The molecule has 0 radical (unpaired) electrons. The second kappa shape index (κ2) is 6.66. The number of thiophene rings is 1. The van der Waals surface area contributed by atoms with Crippen LogP contribution in [0.15, 0.2) is 49.1 Å². The molecule has 0 unspecified atom stereocenters. The Labute approximate surface area is 143 Å². The lowest BCUT2D eigenvalue weighted by Gasteiger charge is -2.25. The fraction of sp³-hybridized carbons (Fsp3) is 0.176. The highest BCUT2D eigenvalue weighted by atomic mass is 35.5. The van der Waals surface area contributed by atoms with E-state index in [1.807, 2.05) is 17.0 Å². The van der Waals surface area contributed by atoms with E-state index in [1.165, 1.54) is 16.2 Å². The number of carbonyl (C=O) groups is 2. The maximum Gasteiger partial charge on any atom is 0.262 e. The molecule has 6 heteroatoms. The molecule has 2 heterocycles. The Kier molecular flexibility index (Phi) is 4.61. The van der Waals surface area contributed by atoms with Gasteiger partial charge >= 0.3 is 0 Å². The quantitative estimate of drug-likeness (QED) is 0.592. The largest absolute Gasteiger partial charge is 0.277 e. The van der Waals surface area contributed by atoms with Gasteiger partial charge < -0.3 is 0 Å². The number of carbonyl (C=O) groups excluding carboxylic acids is 2. The molecule has 0 N–H and O–H groups in total. The summed E-state index contributed by atoms with van der Waals surface area (Å²) in [6.07, 6.45) is 1.76. The topological polar surface area (TPSA) is 40.6 Å². The number of fused-ring (bicyclic) bond motifs is 1. The van der Waals surface area contributed by atoms with Crippen molar-refractivity contribution in [3.63, 3.8) is 0 Å². The summed E-state index contributed by atoms with van der Waals surface area (Å²) in [7, 11) is 0. The van der Waals surface area contributed by atoms with E-state index in [1.54, 1.807) is 30.3 Å². The van der Waals surface area contributed by atoms with Crippen LogP contribution in [0.1, 0.15) is 25.6 Å². The van der Waals surface area contributed by atoms with Crippen molar-refractivity contribution in [3.8, 4) is 0 Å². The van der Waals surface area contributed by atoms with Crippen LogP contribution in [-0.2, 0) is 6.54 Å². The molecule has 2 amide bonds. The molecule has 0 aliphatic carbocycles. The van der Waals surface area contributed by atoms with E-state index in [0.717, 1.165) is 9.21 Å². The summed E-state index contributed by atoms with van der Waals surface area (Å²) in [6, 6.07) is 10.7. The number of benzene rings is 1. The molecule has 0 fully saturated rings. The molecule has 4 nitrogen and oxygen atoms in total. The van der Waals surface area contributed by atoms with Gasteiger partial charge in [-0.15, -0.1) is 17.9 Å². The second-order valence-electron chi connectivity index (χ2n) is 5.23. The van der Waals surface area contributed by atoms with Gasteiger partial charge in [-0.25, -0.2) is 0 Å². The summed E-state index contributed by atoms with van der Waals surface area (Å²) in [6.45, 7) is 5.16. The van der Waals surface area contributed by atoms with E-state index >= 15 is 0 Å². The Morgan fingerprint density at radius 3 is 2.30 bits per heavy atom. The van der Waals surface area contributed by atoms with Crippen molar-refractivity contribution in [1.82, 2.24) is 9.80 Å². The van der Waals surface area contributed by atoms with Gasteiger partial charge in [0.05, 0.1) is 22.1 Å². The molecular weight excluding hydrogens is 332 g/mol. The molecule has 0 atom stereocenters. The van der Waals surface area contributed by atoms with E-state index in [9.17, 15) is 9.59 Å². The van der Waals surface area contributed by atoms with Crippen LogP contribution >= 0.6 is 22.9 Å². The van der Waals surface area contributed by atoms with Crippen molar-refractivity contribution >= 4 is 34.8 Å². The first kappa shape index (κ1) is 15.9. The fourth-order valence-corrected chi connectivity index (χ4v) is 3.71. The zero-order chi connectivity index (χ0) is 16.4. The van der Waals surface area contributed by atoms with Crippen LogP contribution in [0.3, 0.4) is 0 Å². The number of hydrogen-bond donors (Lipinski definition) is 0. The Morgan fingerprint density at radius 1 is 1.13 bits per heavy atom. The second-order valence-corrected chi connectivity index (χ2v) is 7.03. The highest BCUT2D eigenvalue weighted by Gasteiger charge is 2.35. The van der Waals surface area contributed by atoms with Gasteiger partial charge in [-0.2, -0.15) is 0 Å². The molecule has 118 valence electrons. The van der Waals surface area contributed by atoms with Gasteiger partial charge in [-0.3, -0.25) is 19.4 Å². The lowest BCUT2D eigenvalue weighted by molar-refractivity contribution is 0.0546. The molecule has 0 bridgehead atoms. The molecular formula is C17H15ClN2O2S. The predicted molar refractivity (Wildman–Crippen MR) is 91.7 cm³/mol. The monoisotopic (exact) mass is 346 g/mol. The molecule has 0 spiro atoms. The molecule has 2 aromatic rings. The third kappa shape index (κ3) is 3.22. The highest BCUT2D eigenvalue weighted by molar-refractivity contribution is 7.16. The van der Waals surface area contributed by atoms with Crippen molar-refractivity contribution in [2.24, 2.45) is 0 Å². The van der Waals surface area contributed by atoms with E-state index in [4.69, 9.17) is 11.6 Å². The minimum absolute atomic E-state index is 0.230. The smallest absolute Gasteiger partial charge is 0.262 e. The van der Waals surface area contributed by atoms with Crippen LogP contribution in [-0.4, -0.2) is 34.8 Å². The molecule has 3 rings (SSSR count). The van der Waals surface area contributed by atoms with Crippen molar-refractivity contribution in [2.75, 3.05) is 13.2 Å². The van der Waals surface area contributed by atoms with Crippen LogP contribution in [0.5, 0.6) is 0 Å².